The molecule has 25 heavy (non-hydrogen) atoms. The third kappa shape index (κ3) is 3.74. The minimum Gasteiger partial charge on any atom is -0.366 e. The molecule has 0 saturated carbocycles. The fraction of sp³-hybridized carbons (Fsp3) is 0.278. The van der Waals surface area contributed by atoms with Gasteiger partial charge in [-0.1, -0.05) is 11.6 Å². The zero-order valence-electron chi connectivity index (χ0n) is 13.8. The SMILES string of the molecule is Cc1cc(Cl)ccc1NC(=O)c1ccc(N2CCCC2)c([N+](=O)[O-])c1. The Balaban J connectivity index is 1.87. The standard InChI is InChI=1S/C18H18ClN3O3/c1-12-10-14(19)5-6-15(12)20-18(23)13-4-7-16(17(11-13)22(24)25)21-8-2-3-9-21/h4-7,10-11H,2-3,8-9H2,1H3,(H,20,23). The van der Waals surface area contributed by atoms with E-state index >= 15 is 0 Å². The fourth-order valence-electron chi connectivity index (χ4n) is 3.00. The van der Waals surface area contributed by atoms with Crippen LogP contribution < -0.4 is 10.2 Å². The lowest BCUT2D eigenvalue weighted by atomic mass is 10.1. The van der Waals surface area contributed by atoms with E-state index in [2.05, 4.69) is 5.32 Å². The molecule has 1 heterocycles. The molecule has 2 aromatic carbocycles. The van der Waals surface area contributed by atoms with Crippen LogP contribution in [0.1, 0.15) is 28.8 Å². The molecule has 7 heteroatoms. The first-order chi connectivity index (χ1) is 12.0. The molecule has 1 aliphatic heterocycles. The Labute approximate surface area is 150 Å². The third-order valence-corrected chi connectivity index (χ3v) is 4.55. The van der Waals surface area contributed by atoms with Gasteiger partial charge in [0.05, 0.1) is 4.92 Å². The maximum absolute atomic E-state index is 12.5. The van der Waals surface area contributed by atoms with Gasteiger partial charge >= 0.3 is 0 Å². The number of benzene rings is 2. The van der Waals surface area contributed by atoms with Crippen molar-refractivity contribution in [1.82, 2.24) is 0 Å². The van der Waals surface area contributed by atoms with Crippen LogP contribution >= 0.6 is 11.6 Å². The van der Waals surface area contributed by atoms with Gasteiger partial charge in [0, 0.05) is 35.4 Å². The van der Waals surface area contributed by atoms with Crippen LogP contribution in [-0.2, 0) is 0 Å². The predicted octanol–water partition coefficient (Wildman–Crippen LogP) is 4.41. The molecule has 0 bridgehead atoms. The van der Waals surface area contributed by atoms with E-state index in [4.69, 9.17) is 11.6 Å². The summed E-state index contributed by atoms with van der Waals surface area (Å²) < 4.78 is 0. The molecule has 0 aliphatic carbocycles. The van der Waals surface area contributed by atoms with Gasteiger partial charge in [-0.05, 0) is 55.7 Å². The number of hydrogen-bond donors (Lipinski definition) is 1. The molecule has 0 spiro atoms. The summed E-state index contributed by atoms with van der Waals surface area (Å²) in [6, 6.07) is 9.77. The molecule has 2 aromatic rings. The predicted molar refractivity (Wildman–Crippen MR) is 98.7 cm³/mol. The molecule has 130 valence electrons. The van der Waals surface area contributed by atoms with Crippen molar-refractivity contribution in [2.24, 2.45) is 0 Å². The lowest BCUT2D eigenvalue weighted by Gasteiger charge is -2.18. The Kier molecular flexibility index (Phi) is 4.90. The average Bonchev–Trinajstić information content (AvgIpc) is 3.11. The molecule has 0 unspecified atom stereocenters. The van der Waals surface area contributed by atoms with Crippen molar-refractivity contribution >= 4 is 34.6 Å². The first-order valence-electron chi connectivity index (χ1n) is 8.06. The summed E-state index contributed by atoms with van der Waals surface area (Å²) in [5.74, 6) is -0.388. The van der Waals surface area contributed by atoms with E-state index in [0.29, 0.717) is 16.4 Å². The molecule has 6 nitrogen and oxygen atoms in total. The minimum atomic E-state index is -0.433. The highest BCUT2D eigenvalue weighted by Gasteiger charge is 2.24. The molecule has 1 amide bonds. The van der Waals surface area contributed by atoms with Gasteiger partial charge in [0.2, 0.25) is 0 Å². The monoisotopic (exact) mass is 359 g/mol. The molecule has 1 N–H and O–H groups in total. The van der Waals surface area contributed by atoms with E-state index in [1.807, 2.05) is 11.8 Å². The minimum absolute atomic E-state index is 0.0395. The van der Waals surface area contributed by atoms with Crippen molar-refractivity contribution in [2.45, 2.75) is 19.8 Å². The first-order valence-corrected chi connectivity index (χ1v) is 8.44. The number of carbonyl (C=O) groups is 1. The van der Waals surface area contributed by atoms with E-state index in [0.717, 1.165) is 31.5 Å². The second-order valence-electron chi connectivity index (χ2n) is 6.07. The molecule has 0 radical (unpaired) electrons. The van der Waals surface area contributed by atoms with Crippen LogP contribution in [0.5, 0.6) is 0 Å². The van der Waals surface area contributed by atoms with Crippen LogP contribution in [0.25, 0.3) is 0 Å². The van der Waals surface area contributed by atoms with Crippen LogP contribution in [0.15, 0.2) is 36.4 Å². The Morgan fingerprint density at radius 1 is 1.20 bits per heavy atom. The smallest absolute Gasteiger partial charge is 0.293 e. The first kappa shape index (κ1) is 17.2. The summed E-state index contributed by atoms with van der Waals surface area (Å²) in [5, 5.41) is 14.8. The van der Waals surface area contributed by atoms with Gasteiger partial charge in [-0.3, -0.25) is 14.9 Å². The van der Waals surface area contributed by atoms with Gasteiger partial charge in [-0.25, -0.2) is 0 Å². The van der Waals surface area contributed by atoms with Crippen LogP contribution in [-0.4, -0.2) is 23.9 Å². The van der Waals surface area contributed by atoms with E-state index in [1.54, 1.807) is 30.3 Å². The van der Waals surface area contributed by atoms with Crippen molar-refractivity contribution in [2.75, 3.05) is 23.3 Å². The number of anilines is 2. The second-order valence-corrected chi connectivity index (χ2v) is 6.50. The number of amides is 1. The van der Waals surface area contributed by atoms with Crippen LogP contribution in [0, 0.1) is 17.0 Å². The molecule has 1 fully saturated rings. The van der Waals surface area contributed by atoms with E-state index < -0.39 is 4.92 Å². The molecule has 3 rings (SSSR count). The Morgan fingerprint density at radius 3 is 2.56 bits per heavy atom. The van der Waals surface area contributed by atoms with E-state index in [9.17, 15) is 14.9 Å². The molecule has 0 atom stereocenters. The molecular weight excluding hydrogens is 342 g/mol. The number of nitro benzene ring substituents is 1. The molecule has 1 saturated heterocycles. The highest BCUT2D eigenvalue weighted by molar-refractivity contribution is 6.30. The number of nitrogens with one attached hydrogen (secondary N) is 1. The van der Waals surface area contributed by atoms with Crippen LogP contribution in [0.3, 0.4) is 0 Å². The average molecular weight is 360 g/mol. The van der Waals surface area contributed by atoms with E-state index in [1.165, 1.54) is 6.07 Å². The lowest BCUT2D eigenvalue weighted by Crippen LogP contribution is -2.20. The maximum Gasteiger partial charge on any atom is 0.293 e. The van der Waals surface area contributed by atoms with Crippen LogP contribution in [0.4, 0.5) is 17.1 Å². The van der Waals surface area contributed by atoms with Gasteiger partial charge in [0.1, 0.15) is 5.69 Å². The number of rotatable bonds is 4. The summed E-state index contributed by atoms with van der Waals surface area (Å²) >= 11 is 5.91. The number of halogens is 1. The highest BCUT2D eigenvalue weighted by atomic mass is 35.5. The highest BCUT2D eigenvalue weighted by Crippen LogP contribution is 2.32. The second kappa shape index (κ2) is 7.11. The number of aryl methyl sites for hydroxylation is 1. The molecule has 0 aromatic heterocycles. The lowest BCUT2D eigenvalue weighted by molar-refractivity contribution is -0.384. The van der Waals surface area contributed by atoms with Crippen LogP contribution in [0.2, 0.25) is 5.02 Å². The summed E-state index contributed by atoms with van der Waals surface area (Å²) in [5.41, 5.74) is 2.23. The normalized spacial score (nSPS) is 13.8. The van der Waals surface area contributed by atoms with Crippen molar-refractivity contribution in [3.05, 3.63) is 62.7 Å². The van der Waals surface area contributed by atoms with Crippen molar-refractivity contribution in [3.8, 4) is 0 Å². The summed E-state index contributed by atoms with van der Waals surface area (Å²) in [4.78, 5) is 25.5. The largest absolute Gasteiger partial charge is 0.366 e. The Morgan fingerprint density at radius 2 is 1.92 bits per heavy atom. The zero-order valence-corrected chi connectivity index (χ0v) is 14.5. The number of hydrogen-bond acceptors (Lipinski definition) is 4. The Bertz CT molecular complexity index is 832. The summed E-state index contributed by atoms with van der Waals surface area (Å²) in [7, 11) is 0. The van der Waals surface area contributed by atoms with E-state index in [-0.39, 0.29) is 17.2 Å². The van der Waals surface area contributed by atoms with Gasteiger partial charge in [-0.2, -0.15) is 0 Å². The number of nitro groups is 1. The van der Waals surface area contributed by atoms with Gasteiger partial charge in [-0.15, -0.1) is 0 Å². The van der Waals surface area contributed by atoms with Gasteiger partial charge in [0.15, 0.2) is 0 Å². The molecular formula is C18H18ClN3O3. The quantitative estimate of drug-likeness (QED) is 0.648. The Hall–Kier alpha value is -2.60. The van der Waals surface area contributed by atoms with Gasteiger partial charge < -0.3 is 10.2 Å². The number of nitrogens with zero attached hydrogens (tertiary/aromatic N) is 2. The number of carbonyl (C=O) groups excluding carboxylic acids is 1. The fourth-order valence-corrected chi connectivity index (χ4v) is 3.22. The maximum atomic E-state index is 12.5. The third-order valence-electron chi connectivity index (χ3n) is 4.32. The molecule has 1 aliphatic rings. The summed E-state index contributed by atoms with van der Waals surface area (Å²) in [6.07, 6.45) is 2.05. The zero-order chi connectivity index (χ0) is 18.0. The van der Waals surface area contributed by atoms with Crippen molar-refractivity contribution < 1.29 is 9.72 Å². The van der Waals surface area contributed by atoms with Crippen molar-refractivity contribution in [3.63, 3.8) is 0 Å². The van der Waals surface area contributed by atoms with Gasteiger partial charge in [0.25, 0.3) is 11.6 Å². The van der Waals surface area contributed by atoms with Crippen molar-refractivity contribution in [1.29, 1.82) is 0 Å². The topological polar surface area (TPSA) is 75.5 Å². The summed E-state index contributed by atoms with van der Waals surface area (Å²) in [6.45, 7) is 3.44.